The number of anilines is 1. The number of hydrogen-bond acceptors (Lipinski definition) is 6. The third-order valence-corrected chi connectivity index (χ3v) is 5.91. The van der Waals surface area contributed by atoms with E-state index in [0.29, 0.717) is 18.7 Å². The number of urea groups is 1. The zero-order valence-corrected chi connectivity index (χ0v) is 18.4. The maximum atomic E-state index is 13.2. The number of nitrogens with zero attached hydrogens (tertiary/aromatic N) is 1. The number of benzene rings is 2. The number of sulfonamides is 1. The van der Waals surface area contributed by atoms with Gasteiger partial charge in [-0.25, -0.2) is 18.0 Å². The van der Waals surface area contributed by atoms with Gasteiger partial charge in [0, 0.05) is 6.54 Å². The van der Waals surface area contributed by atoms with Crippen LogP contribution in [0.5, 0.6) is 0 Å². The largest absolute Gasteiger partial charge is 0.452 e. The molecule has 0 saturated heterocycles. The molecule has 0 aromatic heterocycles. The topological polar surface area (TPSA) is 122 Å². The summed E-state index contributed by atoms with van der Waals surface area (Å²) in [5.41, 5.74) is 0.388. The number of carbonyl (C=O) groups is 3. The van der Waals surface area contributed by atoms with E-state index in [2.05, 4.69) is 11.9 Å². The minimum absolute atomic E-state index is 0.0291. The van der Waals surface area contributed by atoms with E-state index in [1.54, 1.807) is 30.3 Å². The number of rotatable bonds is 10. The Morgan fingerprint density at radius 2 is 1.81 bits per heavy atom. The SMILES string of the molecule is C=CCN(c1ccccc1)S(=O)(=O)c1cccc(C(=O)OCC(=O)NC(=O)NCCC)c1. The van der Waals surface area contributed by atoms with Gasteiger partial charge in [0.1, 0.15) is 0 Å². The molecule has 0 aliphatic rings. The molecule has 0 aliphatic carbocycles. The molecule has 2 aromatic carbocycles. The van der Waals surface area contributed by atoms with Crippen molar-refractivity contribution in [1.82, 2.24) is 10.6 Å². The molecule has 0 heterocycles. The molecule has 0 bridgehead atoms. The highest BCUT2D eigenvalue weighted by Crippen LogP contribution is 2.24. The van der Waals surface area contributed by atoms with Gasteiger partial charge < -0.3 is 10.1 Å². The highest BCUT2D eigenvalue weighted by Gasteiger charge is 2.25. The fourth-order valence-electron chi connectivity index (χ4n) is 2.62. The van der Waals surface area contributed by atoms with E-state index in [1.165, 1.54) is 30.3 Å². The van der Waals surface area contributed by atoms with E-state index in [-0.39, 0.29) is 17.0 Å². The molecule has 3 amide bonds. The molecule has 0 unspecified atom stereocenters. The summed E-state index contributed by atoms with van der Waals surface area (Å²) in [5, 5.41) is 4.48. The summed E-state index contributed by atoms with van der Waals surface area (Å²) in [6.07, 6.45) is 2.16. The first kappa shape index (κ1) is 24.6. The standard InChI is InChI=1S/C22H25N3O6S/c1-3-13-23-22(28)24-20(26)16-31-21(27)17-9-8-12-19(15-17)32(29,30)25(14-4-2)18-10-6-5-7-11-18/h4-12,15H,2-3,13-14,16H2,1H3,(H2,23,24,26,28). The van der Waals surface area contributed by atoms with Crippen molar-refractivity contribution in [1.29, 1.82) is 0 Å². The molecule has 0 radical (unpaired) electrons. The Kier molecular flexibility index (Phi) is 8.96. The molecule has 2 rings (SSSR count). The van der Waals surface area contributed by atoms with Crippen LogP contribution in [0, 0.1) is 0 Å². The molecule has 0 fully saturated rings. The van der Waals surface area contributed by atoms with E-state index in [9.17, 15) is 22.8 Å². The average molecular weight is 460 g/mol. The van der Waals surface area contributed by atoms with Crippen LogP contribution in [-0.2, 0) is 19.6 Å². The fourth-order valence-corrected chi connectivity index (χ4v) is 4.11. The summed E-state index contributed by atoms with van der Waals surface area (Å²) in [7, 11) is -4.01. The summed E-state index contributed by atoms with van der Waals surface area (Å²) in [6, 6.07) is 13.1. The van der Waals surface area contributed by atoms with Crippen LogP contribution in [-0.4, -0.2) is 46.0 Å². The number of nitrogens with one attached hydrogen (secondary N) is 2. The molecule has 9 nitrogen and oxygen atoms in total. The Morgan fingerprint density at radius 1 is 1.09 bits per heavy atom. The van der Waals surface area contributed by atoms with Crippen LogP contribution in [0.15, 0.2) is 72.1 Å². The summed E-state index contributed by atoms with van der Waals surface area (Å²) >= 11 is 0. The van der Waals surface area contributed by atoms with Crippen molar-refractivity contribution < 1.29 is 27.5 Å². The maximum absolute atomic E-state index is 13.2. The summed E-state index contributed by atoms with van der Waals surface area (Å²) in [4.78, 5) is 35.4. The Balaban J connectivity index is 2.13. The van der Waals surface area contributed by atoms with Gasteiger partial charge in [0.2, 0.25) is 0 Å². The Bertz CT molecular complexity index is 1070. The van der Waals surface area contributed by atoms with Gasteiger partial charge in [-0.1, -0.05) is 37.3 Å². The van der Waals surface area contributed by atoms with Gasteiger partial charge >= 0.3 is 12.0 Å². The molecular weight excluding hydrogens is 434 g/mol. The van der Waals surface area contributed by atoms with Crippen LogP contribution >= 0.6 is 0 Å². The third kappa shape index (κ3) is 6.67. The quantitative estimate of drug-likeness (QED) is 0.416. The van der Waals surface area contributed by atoms with Crippen LogP contribution in [0.4, 0.5) is 10.5 Å². The predicted molar refractivity (Wildman–Crippen MR) is 120 cm³/mol. The molecule has 2 N–H and O–H groups in total. The zero-order chi connectivity index (χ0) is 23.6. The second kappa shape index (κ2) is 11.7. The van der Waals surface area contributed by atoms with Crippen molar-refractivity contribution >= 4 is 33.6 Å². The van der Waals surface area contributed by atoms with Gasteiger partial charge in [-0.3, -0.25) is 14.4 Å². The molecule has 0 spiro atoms. The molecule has 170 valence electrons. The minimum Gasteiger partial charge on any atom is -0.452 e. The number of para-hydroxylation sites is 1. The monoisotopic (exact) mass is 459 g/mol. The van der Waals surface area contributed by atoms with E-state index in [0.717, 1.165) is 4.31 Å². The minimum atomic E-state index is -4.01. The lowest BCUT2D eigenvalue weighted by atomic mass is 10.2. The number of amides is 3. The van der Waals surface area contributed by atoms with Crippen molar-refractivity contribution in [3.63, 3.8) is 0 Å². The van der Waals surface area contributed by atoms with E-state index in [4.69, 9.17) is 4.74 Å². The lowest BCUT2D eigenvalue weighted by Crippen LogP contribution is -2.41. The van der Waals surface area contributed by atoms with Crippen LogP contribution < -0.4 is 14.9 Å². The van der Waals surface area contributed by atoms with Gasteiger partial charge in [0.15, 0.2) is 6.61 Å². The highest BCUT2D eigenvalue weighted by atomic mass is 32.2. The van der Waals surface area contributed by atoms with Crippen molar-refractivity contribution in [3.8, 4) is 0 Å². The molecule has 10 heteroatoms. The number of imide groups is 1. The number of hydrogen-bond donors (Lipinski definition) is 2. The smallest absolute Gasteiger partial charge is 0.338 e. The van der Waals surface area contributed by atoms with Crippen molar-refractivity contribution in [2.24, 2.45) is 0 Å². The van der Waals surface area contributed by atoms with Crippen LogP contribution in [0.3, 0.4) is 0 Å². The van der Waals surface area contributed by atoms with Crippen molar-refractivity contribution in [2.75, 3.05) is 24.0 Å². The highest BCUT2D eigenvalue weighted by molar-refractivity contribution is 7.92. The third-order valence-electron chi connectivity index (χ3n) is 4.12. The van der Waals surface area contributed by atoms with Gasteiger partial charge in [-0.15, -0.1) is 6.58 Å². The fraction of sp³-hybridized carbons (Fsp3) is 0.227. The molecule has 2 aromatic rings. The first-order valence-corrected chi connectivity index (χ1v) is 11.3. The van der Waals surface area contributed by atoms with Gasteiger partial charge in [-0.2, -0.15) is 0 Å². The second-order valence-electron chi connectivity index (χ2n) is 6.57. The molecule has 0 saturated carbocycles. The molecule has 0 aliphatic heterocycles. The predicted octanol–water partition coefficient (Wildman–Crippen LogP) is 2.46. The molecular formula is C22H25N3O6S. The van der Waals surface area contributed by atoms with Crippen molar-refractivity contribution in [2.45, 2.75) is 18.2 Å². The number of carbonyl (C=O) groups excluding carboxylic acids is 3. The normalized spacial score (nSPS) is 10.7. The Morgan fingerprint density at radius 3 is 2.47 bits per heavy atom. The Hall–Kier alpha value is -3.66. The molecule has 32 heavy (non-hydrogen) atoms. The van der Waals surface area contributed by atoms with E-state index < -0.39 is 34.5 Å². The average Bonchev–Trinajstić information content (AvgIpc) is 2.80. The maximum Gasteiger partial charge on any atom is 0.338 e. The lowest BCUT2D eigenvalue weighted by molar-refractivity contribution is -0.123. The first-order chi connectivity index (χ1) is 15.3. The van der Waals surface area contributed by atoms with Crippen LogP contribution in [0.25, 0.3) is 0 Å². The van der Waals surface area contributed by atoms with Gasteiger partial charge in [0.25, 0.3) is 15.9 Å². The molecule has 0 atom stereocenters. The zero-order valence-electron chi connectivity index (χ0n) is 17.6. The van der Waals surface area contributed by atoms with Crippen LogP contribution in [0.1, 0.15) is 23.7 Å². The first-order valence-electron chi connectivity index (χ1n) is 9.83. The van der Waals surface area contributed by atoms with E-state index in [1.807, 2.05) is 12.2 Å². The second-order valence-corrected chi connectivity index (χ2v) is 8.43. The van der Waals surface area contributed by atoms with Gasteiger partial charge in [0.05, 0.1) is 22.7 Å². The van der Waals surface area contributed by atoms with Gasteiger partial charge in [-0.05, 0) is 36.8 Å². The van der Waals surface area contributed by atoms with Crippen LogP contribution in [0.2, 0.25) is 0 Å². The van der Waals surface area contributed by atoms with E-state index >= 15 is 0 Å². The summed E-state index contributed by atoms with van der Waals surface area (Å²) < 4.78 is 32.4. The number of esters is 1. The van der Waals surface area contributed by atoms with Crippen molar-refractivity contribution in [3.05, 3.63) is 72.8 Å². The number of ether oxygens (including phenoxy) is 1. The Labute approximate surface area is 187 Å². The summed E-state index contributed by atoms with van der Waals surface area (Å²) in [6.45, 7) is 5.20. The summed E-state index contributed by atoms with van der Waals surface area (Å²) in [5.74, 6) is -1.71. The lowest BCUT2D eigenvalue weighted by Gasteiger charge is -2.23.